The lowest BCUT2D eigenvalue weighted by Gasteiger charge is -2.43. The maximum atomic E-state index is 6.30. The van der Waals surface area contributed by atoms with E-state index in [2.05, 4.69) is 56.9 Å². The number of hydrogen-bond acceptors (Lipinski definition) is 2. The molecule has 0 aliphatic carbocycles. The van der Waals surface area contributed by atoms with Crippen molar-refractivity contribution in [3.05, 3.63) is 35.4 Å². The molecule has 0 aromatic heterocycles. The molecular weight excluding hydrogens is 232 g/mol. The van der Waals surface area contributed by atoms with Crippen molar-refractivity contribution in [1.82, 2.24) is 4.90 Å². The van der Waals surface area contributed by atoms with Crippen molar-refractivity contribution < 1.29 is 0 Å². The van der Waals surface area contributed by atoms with Gasteiger partial charge in [0.1, 0.15) is 0 Å². The Morgan fingerprint density at radius 1 is 1.32 bits per heavy atom. The van der Waals surface area contributed by atoms with Gasteiger partial charge in [-0.15, -0.1) is 0 Å². The summed E-state index contributed by atoms with van der Waals surface area (Å²) < 4.78 is 0. The van der Waals surface area contributed by atoms with Crippen LogP contribution in [-0.2, 0) is 0 Å². The summed E-state index contributed by atoms with van der Waals surface area (Å²) in [6, 6.07) is 9.96. The second-order valence-corrected chi connectivity index (χ2v) is 6.43. The highest BCUT2D eigenvalue weighted by molar-refractivity contribution is 5.26. The highest BCUT2D eigenvalue weighted by atomic mass is 15.2. The number of hydrogen-bond donors (Lipinski definition) is 1. The fraction of sp³-hybridized carbons (Fsp3) is 0.647. The fourth-order valence-corrected chi connectivity index (χ4v) is 3.49. The van der Waals surface area contributed by atoms with Gasteiger partial charge in [0.15, 0.2) is 0 Å². The van der Waals surface area contributed by atoms with Crippen LogP contribution in [0.25, 0.3) is 0 Å². The molecule has 4 atom stereocenters. The van der Waals surface area contributed by atoms with Gasteiger partial charge in [-0.05, 0) is 51.6 Å². The standard InChI is InChI=1S/C17H28N2/c1-12-6-5-7-16(11-12)17(15(4)18)19-9-8-13(2)10-14(19)3/h5-7,11,13-15,17H,8-10,18H2,1-4H3. The van der Waals surface area contributed by atoms with Gasteiger partial charge in [-0.3, -0.25) is 4.90 Å². The Bertz CT molecular complexity index is 413. The average molecular weight is 260 g/mol. The van der Waals surface area contributed by atoms with E-state index in [1.54, 1.807) is 0 Å². The van der Waals surface area contributed by atoms with E-state index in [0.29, 0.717) is 12.1 Å². The lowest BCUT2D eigenvalue weighted by Crippen LogP contribution is -2.47. The Labute approximate surface area is 118 Å². The second kappa shape index (κ2) is 6.06. The first-order valence-corrected chi connectivity index (χ1v) is 7.57. The van der Waals surface area contributed by atoms with Crippen LogP contribution in [0.2, 0.25) is 0 Å². The highest BCUT2D eigenvalue weighted by Gasteiger charge is 2.31. The molecule has 19 heavy (non-hydrogen) atoms. The van der Waals surface area contributed by atoms with Gasteiger partial charge in [-0.25, -0.2) is 0 Å². The lowest BCUT2D eigenvalue weighted by molar-refractivity contribution is 0.0708. The van der Waals surface area contributed by atoms with Gasteiger partial charge >= 0.3 is 0 Å². The predicted octanol–water partition coefficient (Wildman–Crippen LogP) is 3.50. The number of nitrogens with two attached hydrogens (primary N) is 1. The van der Waals surface area contributed by atoms with E-state index in [9.17, 15) is 0 Å². The molecule has 1 saturated heterocycles. The molecule has 0 saturated carbocycles. The zero-order valence-electron chi connectivity index (χ0n) is 12.8. The third-order valence-corrected chi connectivity index (χ3v) is 4.43. The van der Waals surface area contributed by atoms with E-state index in [-0.39, 0.29) is 6.04 Å². The van der Waals surface area contributed by atoms with Crippen molar-refractivity contribution in [3.63, 3.8) is 0 Å². The van der Waals surface area contributed by atoms with Crippen LogP contribution in [0.4, 0.5) is 0 Å². The monoisotopic (exact) mass is 260 g/mol. The van der Waals surface area contributed by atoms with Gasteiger partial charge in [-0.1, -0.05) is 36.8 Å². The molecule has 106 valence electrons. The molecule has 1 aliphatic heterocycles. The SMILES string of the molecule is Cc1cccc(C(C(C)N)N2CCC(C)CC2C)c1. The third kappa shape index (κ3) is 3.37. The van der Waals surface area contributed by atoms with Crippen LogP contribution in [0.1, 0.15) is 50.8 Å². The molecule has 1 aromatic carbocycles. The molecule has 2 rings (SSSR count). The first-order valence-electron chi connectivity index (χ1n) is 7.57. The summed E-state index contributed by atoms with van der Waals surface area (Å²) in [6.07, 6.45) is 2.58. The van der Waals surface area contributed by atoms with Gasteiger partial charge in [0.05, 0.1) is 0 Å². The molecule has 1 aromatic rings. The molecular formula is C17H28N2. The van der Waals surface area contributed by atoms with Crippen LogP contribution in [-0.4, -0.2) is 23.5 Å². The molecule has 0 radical (unpaired) electrons. The molecule has 2 heteroatoms. The first kappa shape index (κ1) is 14.5. The summed E-state index contributed by atoms with van der Waals surface area (Å²) in [5.41, 5.74) is 9.00. The Kier molecular flexibility index (Phi) is 4.64. The largest absolute Gasteiger partial charge is 0.326 e. The van der Waals surface area contributed by atoms with Crippen molar-refractivity contribution in [2.24, 2.45) is 11.7 Å². The van der Waals surface area contributed by atoms with Crippen molar-refractivity contribution in [3.8, 4) is 0 Å². The zero-order chi connectivity index (χ0) is 14.0. The smallest absolute Gasteiger partial charge is 0.0499 e. The minimum absolute atomic E-state index is 0.164. The van der Waals surface area contributed by atoms with Crippen LogP contribution in [0, 0.1) is 12.8 Å². The van der Waals surface area contributed by atoms with Gasteiger partial charge in [0, 0.05) is 18.1 Å². The van der Waals surface area contributed by atoms with Crippen LogP contribution in [0.3, 0.4) is 0 Å². The van der Waals surface area contributed by atoms with Crippen LogP contribution in [0.5, 0.6) is 0 Å². The summed E-state index contributed by atoms with van der Waals surface area (Å²) in [4.78, 5) is 2.61. The fourth-order valence-electron chi connectivity index (χ4n) is 3.49. The Morgan fingerprint density at radius 2 is 2.05 bits per heavy atom. The minimum Gasteiger partial charge on any atom is -0.326 e. The maximum absolute atomic E-state index is 6.30. The summed E-state index contributed by atoms with van der Waals surface area (Å²) in [6.45, 7) is 10.2. The van der Waals surface area contributed by atoms with Crippen molar-refractivity contribution >= 4 is 0 Å². The summed E-state index contributed by atoms with van der Waals surface area (Å²) in [7, 11) is 0. The maximum Gasteiger partial charge on any atom is 0.0499 e. The first-order chi connectivity index (χ1) is 8.99. The van der Waals surface area contributed by atoms with E-state index in [1.165, 1.54) is 30.5 Å². The van der Waals surface area contributed by atoms with E-state index in [4.69, 9.17) is 5.73 Å². The van der Waals surface area contributed by atoms with Gasteiger partial charge in [-0.2, -0.15) is 0 Å². The Balaban J connectivity index is 2.25. The van der Waals surface area contributed by atoms with Crippen molar-refractivity contribution in [1.29, 1.82) is 0 Å². The number of rotatable bonds is 3. The quantitative estimate of drug-likeness (QED) is 0.901. The Morgan fingerprint density at radius 3 is 2.63 bits per heavy atom. The summed E-state index contributed by atoms with van der Waals surface area (Å²) in [5.74, 6) is 0.845. The molecule has 2 nitrogen and oxygen atoms in total. The Hall–Kier alpha value is -0.860. The van der Waals surface area contributed by atoms with E-state index < -0.39 is 0 Å². The normalized spacial score (nSPS) is 28.1. The van der Waals surface area contributed by atoms with Gasteiger partial charge in [0.25, 0.3) is 0 Å². The van der Waals surface area contributed by atoms with Crippen molar-refractivity contribution in [2.45, 2.75) is 58.7 Å². The lowest BCUT2D eigenvalue weighted by atomic mass is 9.88. The molecule has 0 amide bonds. The van der Waals surface area contributed by atoms with Gasteiger partial charge in [0.2, 0.25) is 0 Å². The summed E-state index contributed by atoms with van der Waals surface area (Å²) in [5, 5.41) is 0. The van der Waals surface area contributed by atoms with Gasteiger partial charge < -0.3 is 5.73 Å². The van der Waals surface area contributed by atoms with Crippen LogP contribution >= 0.6 is 0 Å². The third-order valence-electron chi connectivity index (χ3n) is 4.43. The number of piperidine rings is 1. The summed E-state index contributed by atoms with van der Waals surface area (Å²) >= 11 is 0. The molecule has 4 unspecified atom stereocenters. The number of nitrogens with zero attached hydrogens (tertiary/aromatic N) is 1. The van der Waals surface area contributed by atoms with E-state index >= 15 is 0 Å². The number of likely N-dealkylation sites (tertiary alicyclic amines) is 1. The molecule has 1 fully saturated rings. The number of aryl methyl sites for hydroxylation is 1. The zero-order valence-corrected chi connectivity index (χ0v) is 12.8. The number of benzene rings is 1. The van der Waals surface area contributed by atoms with E-state index in [0.717, 1.165) is 5.92 Å². The average Bonchev–Trinajstić information content (AvgIpc) is 2.32. The molecule has 2 N–H and O–H groups in total. The minimum atomic E-state index is 0.164. The molecule has 0 bridgehead atoms. The second-order valence-electron chi connectivity index (χ2n) is 6.43. The van der Waals surface area contributed by atoms with Crippen molar-refractivity contribution in [2.75, 3.05) is 6.54 Å². The molecule has 1 aliphatic rings. The van der Waals surface area contributed by atoms with Crippen LogP contribution in [0.15, 0.2) is 24.3 Å². The van der Waals surface area contributed by atoms with E-state index in [1.807, 2.05) is 0 Å². The highest BCUT2D eigenvalue weighted by Crippen LogP contribution is 2.32. The topological polar surface area (TPSA) is 29.3 Å². The molecule has 1 heterocycles. The van der Waals surface area contributed by atoms with Crippen LogP contribution < -0.4 is 5.73 Å². The molecule has 0 spiro atoms. The predicted molar refractivity (Wildman–Crippen MR) is 82.1 cm³/mol.